The maximum atomic E-state index is 12.0. The zero-order valence-electron chi connectivity index (χ0n) is 11.5. The van der Waals surface area contributed by atoms with Crippen molar-refractivity contribution in [3.05, 3.63) is 0 Å². The number of hydrogen-bond donors (Lipinski definition) is 0. The van der Waals surface area contributed by atoms with Gasteiger partial charge in [0.2, 0.25) is 0 Å². The maximum absolute atomic E-state index is 12.0. The number of carbonyl (C=O) groups excluding carboxylic acids is 1. The van der Waals surface area contributed by atoms with Crippen molar-refractivity contribution in [1.82, 2.24) is 0 Å². The number of hydrogen-bond acceptors (Lipinski definition) is 2. The van der Waals surface area contributed by atoms with Gasteiger partial charge in [0.1, 0.15) is 0 Å². The van der Waals surface area contributed by atoms with Crippen molar-refractivity contribution in [3.8, 4) is 11.8 Å². The Labute approximate surface area is 105 Å². The third kappa shape index (κ3) is 4.81. The molecule has 0 aromatic heterocycles. The summed E-state index contributed by atoms with van der Waals surface area (Å²) >= 11 is 0. The van der Waals surface area contributed by atoms with Gasteiger partial charge in [-0.25, -0.2) is 0 Å². The van der Waals surface area contributed by atoms with Crippen LogP contribution in [-0.2, 0) is 9.53 Å². The Morgan fingerprint density at radius 3 is 2.59 bits per heavy atom. The van der Waals surface area contributed by atoms with Crippen LogP contribution in [0.2, 0.25) is 0 Å². The highest BCUT2D eigenvalue weighted by Gasteiger charge is 2.34. The maximum Gasteiger partial charge on any atom is 0.312 e. The van der Waals surface area contributed by atoms with Gasteiger partial charge in [0.05, 0.1) is 12.0 Å². The predicted octanol–water partition coefficient (Wildman–Crippen LogP) is 3.41. The van der Waals surface area contributed by atoms with E-state index in [0.29, 0.717) is 24.9 Å². The highest BCUT2D eigenvalue weighted by atomic mass is 16.5. The molecular formula is C15H24O2. The van der Waals surface area contributed by atoms with E-state index in [1.807, 2.05) is 13.8 Å². The molecule has 0 bridgehead atoms. The quantitative estimate of drug-likeness (QED) is 0.540. The molecular weight excluding hydrogens is 212 g/mol. The van der Waals surface area contributed by atoms with Crippen molar-refractivity contribution in [3.63, 3.8) is 0 Å². The van der Waals surface area contributed by atoms with E-state index in [1.165, 1.54) is 12.8 Å². The Kier molecular flexibility index (Phi) is 5.05. The SMILES string of the molecule is CCOC(=O)C(C)(CC#CC1CC1)CC(C)C. The molecule has 1 rings (SSSR count). The summed E-state index contributed by atoms with van der Waals surface area (Å²) in [5.41, 5.74) is -0.438. The molecule has 0 aliphatic heterocycles. The molecule has 0 heterocycles. The van der Waals surface area contributed by atoms with E-state index in [9.17, 15) is 4.79 Å². The smallest absolute Gasteiger partial charge is 0.312 e. The minimum atomic E-state index is -0.438. The lowest BCUT2D eigenvalue weighted by Crippen LogP contribution is -2.31. The molecule has 96 valence electrons. The third-order valence-electron chi connectivity index (χ3n) is 2.99. The van der Waals surface area contributed by atoms with Gasteiger partial charge in [0.25, 0.3) is 0 Å². The van der Waals surface area contributed by atoms with Crippen molar-refractivity contribution in [2.24, 2.45) is 17.3 Å². The van der Waals surface area contributed by atoms with Crippen molar-refractivity contribution in [2.45, 2.75) is 53.4 Å². The van der Waals surface area contributed by atoms with Gasteiger partial charge in [0, 0.05) is 12.3 Å². The van der Waals surface area contributed by atoms with Gasteiger partial charge >= 0.3 is 5.97 Å². The Morgan fingerprint density at radius 2 is 2.12 bits per heavy atom. The molecule has 2 heteroatoms. The molecule has 1 fully saturated rings. The van der Waals surface area contributed by atoms with Crippen LogP contribution in [0, 0.1) is 29.1 Å². The van der Waals surface area contributed by atoms with E-state index in [1.54, 1.807) is 0 Å². The average Bonchev–Trinajstić information content (AvgIpc) is 3.01. The lowest BCUT2D eigenvalue weighted by Gasteiger charge is -2.26. The first-order chi connectivity index (χ1) is 7.98. The van der Waals surface area contributed by atoms with E-state index < -0.39 is 5.41 Å². The van der Waals surface area contributed by atoms with Crippen LogP contribution in [0.15, 0.2) is 0 Å². The highest BCUT2D eigenvalue weighted by Crippen LogP contribution is 2.32. The van der Waals surface area contributed by atoms with E-state index >= 15 is 0 Å². The first kappa shape index (κ1) is 14.1. The predicted molar refractivity (Wildman–Crippen MR) is 69.3 cm³/mol. The zero-order valence-corrected chi connectivity index (χ0v) is 11.5. The van der Waals surface area contributed by atoms with Crippen molar-refractivity contribution < 1.29 is 9.53 Å². The fraction of sp³-hybridized carbons (Fsp3) is 0.800. The molecule has 1 aliphatic carbocycles. The van der Waals surface area contributed by atoms with Gasteiger partial charge in [0.15, 0.2) is 0 Å². The first-order valence-electron chi connectivity index (χ1n) is 6.63. The van der Waals surface area contributed by atoms with E-state index in [0.717, 1.165) is 6.42 Å². The van der Waals surface area contributed by atoms with Gasteiger partial charge < -0.3 is 4.74 Å². The van der Waals surface area contributed by atoms with Gasteiger partial charge in [-0.05, 0) is 39.0 Å². The topological polar surface area (TPSA) is 26.3 Å². The highest BCUT2D eigenvalue weighted by molar-refractivity contribution is 5.76. The van der Waals surface area contributed by atoms with Crippen LogP contribution in [0.1, 0.15) is 53.4 Å². The molecule has 0 aromatic rings. The Hall–Kier alpha value is -0.970. The molecule has 1 saturated carbocycles. The van der Waals surface area contributed by atoms with Crippen molar-refractivity contribution in [1.29, 1.82) is 0 Å². The summed E-state index contributed by atoms with van der Waals surface area (Å²) in [4.78, 5) is 12.0. The fourth-order valence-corrected chi connectivity index (χ4v) is 2.05. The molecule has 2 nitrogen and oxygen atoms in total. The minimum absolute atomic E-state index is 0.0983. The minimum Gasteiger partial charge on any atom is -0.466 e. The van der Waals surface area contributed by atoms with Crippen LogP contribution < -0.4 is 0 Å². The largest absolute Gasteiger partial charge is 0.466 e. The van der Waals surface area contributed by atoms with Crippen molar-refractivity contribution in [2.75, 3.05) is 6.61 Å². The van der Waals surface area contributed by atoms with Crippen LogP contribution in [0.4, 0.5) is 0 Å². The number of carbonyl (C=O) groups is 1. The van der Waals surface area contributed by atoms with E-state index in [4.69, 9.17) is 4.74 Å². The summed E-state index contributed by atoms with van der Waals surface area (Å²) < 4.78 is 5.17. The molecule has 1 aliphatic rings. The van der Waals surface area contributed by atoms with Crippen LogP contribution in [0.5, 0.6) is 0 Å². The van der Waals surface area contributed by atoms with E-state index in [-0.39, 0.29) is 5.97 Å². The third-order valence-corrected chi connectivity index (χ3v) is 2.99. The van der Waals surface area contributed by atoms with Gasteiger partial charge in [-0.3, -0.25) is 4.79 Å². The molecule has 0 saturated heterocycles. The molecule has 1 atom stereocenters. The molecule has 0 spiro atoms. The van der Waals surface area contributed by atoms with Crippen LogP contribution >= 0.6 is 0 Å². The number of rotatable bonds is 5. The molecule has 1 unspecified atom stereocenters. The monoisotopic (exact) mass is 236 g/mol. The van der Waals surface area contributed by atoms with Gasteiger partial charge in [-0.15, -0.1) is 5.92 Å². The number of ether oxygens (including phenoxy) is 1. The lowest BCUT2D eigenvalue weighted by atomic mass is 9.79. The summed E-state index contributed by atoms with van der Waals surface area (Å²) in [5.74, 6) is 7.38. The van der Waals surface area contributed by atoms with Crippen LogP contribution in [0.3, 0.4) is 0 Å². The number of esters is 1. The summed E-state index contributed by atoms with van der Waals surface area (Å²) in [6.07, 6.45) is 3.92. The molecule has 0 aromatic carbocycles. The lowest BCUT2D eigenvalue weighted by molar-refractivity contribution is -0.155. The summed E-state index contributed by atoms with van der Waals surface area (Å²) in [5, 5.41) is 0. The standard InChI is InChI=1S/C15H24O2/c1-5-17-14(16)15(4,11-12(2)3)10-6-7-13-8-9-13/h12-13H,5,8-11H2,1-4H3. The summed E-state index contributed by atoms with van der Waals surface area (Å²) in [6.45, 7) is 8.54. The van der Waals surface area contributed by atoms with Crippen molar-refractivity contribution >= 4 is 5.97 Å². The normalized spacial score (nSPS) is 18.2. The second-order valence-electron chi connectivity index (χ2n) is 5.65. The zero-order chi connectivity index (χ0) is 12.9. The Morgan fingerprint density at radius 1 is 1.47 bits per heavy atom. The average molecular weight is 236 g/mol. The van der Waals surface area contributed by atoms with E-state index in [2.05, 4.69) is 25.7 Å². The Balaban J connectivity index is 2.62. The first-order valence-corrected chi connectivity index (χ1v) is 6.63. The van der Waals surface area contributed by atoms with Crippen LogP contribution in [-0.4, -0.2) is 12.6 Å². The molecule has 0 N–H and O–H groups in total. The molecule has 0 amide bonds. The fourth-order valence-electron chi connectivity index (χ4n) is 2.05. The second kappa shape index (κ2) is 6.10. The van der Waals surface area contributed by atoms with Gasteiger partial charge in [-0.1, -0.05) is 19.8 Å². The van der Waals surface area contributed by atoms with Gasteiger partial charge in [-0.2, -0.15) is 0 Å². The summed E-state index contributed by atoms with van der Waals surface area (Å²) in [6, 6.07) is 0. The van der Waals surface area contributed by atoms with Crippen LogP contribution in [0.25, 0.3) is 0 Å². The summed E-state index contributed by atoms with van der Waals surface area (Å²) in [7, 11) is 0. The Bertz CT molecular complexity index is 318. The molecule has 0 radical (unpaired) electrons. The second-order valence-corrected chi connectivity index (χ2v) is 5.65. The molecule has 17 heavy (non-hydrogen) atoms.